The van der Waals surface area contributed by atoms with E-state index in [4.69, 9.17) is 21.8 Å². The molecule has 0 saturated heterocycles. The quantitative estimate of drug-likeness (QED) is 0.831. The molecule has 0 radical (unpaired) electrons. The maximum atomic E-state index is 11.9. The van der Waals surface area contributed by atoms with E-state index in [1.54, 1.807) is 6.07 Å². The average molecular weight is 272 g/mol. The zero-order valence-corrected chi connectivity index (χ0v) is 9.92. The summed E-state index contributed by atoms with van der Waals surface area (Å²) < 4.78 is 0. The third-order valence-electron chi connectivity index (χ3n) is 2.01. The van der Waals surface area contributed by atoms with E-state index in [1.807, 2.05) is 0 Å². The number of halogens is 1. The van der Waals surface area contributed by atoms with Crippen molar-refractivity contribution in [2.45, 2.75) is 0 Å². The average Bonchev–Trinajstić information content (AvgIpc) is 2.26. The van der Waals surface area contributed by atoms with Gasteiger partial charge in [0.1, 0.15) is 13.1 Å². The maximum Gasteiger partial charge on any atom is 0.323 e. The molecule has 0 fully saturated rings. The van der Waals surface area contributed by atoms with Crippen molar-refractivity contribution in [3.8, 4) is 0 Å². The maximum absolute atomic E-state index is 11.9. The normalized spacial score (nSPS) is 9.83. The van der Waals surface area contributed by atoms with Gasteiger partial charge in [-0.2, -0.15) is 0 Å². The second kappa shape index (κ2) is 6.02. The highest BCUT2D eigenvalue weighted by Crippen LogP contribution is 2.12. The van der Waals surface area contributed by atoms with Crippen molar-refractivity contribution >= 4 is 29.4 Å². The van der Waals surface area contributed by atoms with Crippen LogP contribution < -0.4 is 0 Å². The molecule has 1 rings (SSSR count). The first-order valence-electron chi connectivity index (χ1n) is 4.88. The minimum absolute atomic E-state index is 0.144. The summed E-state index contributed by atoms with van der Waals surface area (Å²) in [7, 11) is 0. The smallest absolute Gasteiger partial charge is 0.323 e. The Kier molecular flexibility index (Phi) is 4.67. The first-order valence-corrected chi connectivity index (χ1v) is 5.26. The molecular formula is C11H10ClNO5. The fraction of sp³-hybridized carbons (Fsp3) is 0.182. The Morgan fingerprint density at radius 3 is 2.11 bits per heavy atom. The number of carbonyl (C=O) groups excluding carboxylic acids is 1. The summed E-state index contributed by atoms with van der Waals surface area (Å²) in [6.07, 6.45) is 0. The number of carboxylic acid groups (broad SMARTS) is 2. The van der Waals surface area contributed by atoms with E-state index in [0.717, 1.165) is 4.90 Å². The SMILES string of the molecule is O=C(O)CN(CC(=O)O)C(=O)c1cccc(Cl)c1. The van der Waals surface area contributed by atoms with E-state index in [-0.39, 0.29) is 5.56 Å². The van der Waals surface area contributed by atoms with E-state index in [0.29, 0.717) is 5.02 Å². The number of nitrogens with zero attached hydrogens (tertiary/aromatic N) is 1. The molecule has 0 bridgehead atoms. The fourth-order valence-corrected chi connectivity index (χ4v) is 1.52. The molecule has 96 valence electrons. The van der Waals surface area contributed by atoms with Crippen LogP contribution in [0.1, 0.15) is 10.4 Å². The third kappa shape index (κ3) is 4.06. The Hall–Kier alpha value is -2.08. The number of carbonyl (C=O) groups is 3. The minimum atomic E-state index is -1.29. The van der Waals surface area contributed by atoms with Gasteiger partial charge in [-0.1, -0.05) is 17.7 Å². The highest BCUT2D eigenvalue weighted by molar-refractivity contribution is 6.31. The van der Waals surface area contributed by atoms with Crippen LogP contribution in [-0.4, -0.2) is 46.0 Å². The van der Waals surface area contributed by atoms with Gasteiger partial charge in [0.25, 0.3) is 5.91 Å². The molecule has 0 saturated carbocycles. The van der Waals surface area contributed by atoms with Crippen molar-refractivity contribution in [2.75, 3.05) is 13.1 Å². The number of aliphatic carboxylic acids is 2. The summed E-state index contributed by atoms with van der Waals surface area (Å²) in [6, 6.07) is 5.86. The molecule has 0 aliphatic carbocycles. The summed E-state index contributed by atoms with van der Waals surface area (Å²) in [5.41, 5.74) is 0.144. The van der Waals surface area contributed by atoms with Crippen molar-refractivity contribution in [3.05, 3.63) is 34.9 Å². The lowest BCUT2D eigenvalue weighted by atomic mass is 10.2. The van der Waals surface area contributed by atoms with Crippen molar-refractivity contribution in [1.82, 2.24) is 4.90 Å². The highest BCUT2D eigenvalue weighted by atomic mass is 35.5. The Balaban J connectivity index is 2.94. The minimum Gasteiger partial charge on any atom is -0.480 e. The summed E-state index contributed by atoms with van der Waals surface area (Å²) in [6.45, 7) is -1.37. The number of benzene rings is 1. The van der Waals surface area contributed by atoms with Crippen LogP contribution in [0.5, 0.6) is 0 Å². The molecule has 0 heterocycles. The van der Waals surface area contributed by atoms with Gasteiger partial charge in [0.15, 0.2) is 0 Å². The Bertz CT molecular complexity index is 472. The van der Waals surface area contributed by atoms with Gasteiger partial charge in [0, 0.05) is 10.6 Å². The third-order valence-corrected chi connectivity index (χ3v) is 2.25. The first kappa shape index (κ1) is 14.0. The van der Waals surface area contributed by atoms with Gasteiger partial charge in [-0.3, -0.25) is 14.4 Å². The summed E-state index contributed by atoms with van der Waals surface area (Å²) in [4.78, 5) is 33.8. The van der Waals surface area contributed by atoms with Gasteiger partial charge < -0.3 is 15.1 Å². The Labute approximate surface area is 107 Å². The molecule has 6 nitrogen and oxygen atoms in total. The van der Waals surface area contributed by atoms with Crippen molar-refractivity contribution in [3.63, 3.8) is 0 Å². The topological polar surface area (TPSA) is 94.9 Å². The molecule has 0 unspecified atom stereocenters. The van der Waals surface area contributed by atoms with Crippen molar-refractivity contribution in [2.24, 2.45) is 0 Å². The summed E-state index contributed by atoms with van der Waals surface area (Å²) in [5, 5.41) is 17.6. The van der Waals surface area contributed by atoms with Crippen LogP contribution in [0.3, 0.4) is 0 Å². The molecule has 7 heteroatoms. The van der Waals surface area contributed by atoms with E-state index in [2.05, 4.69) is 0 Å². The first-order chi connectivity index (χ1) is 8.40. The lowest BCUT2D eigenvalue weighted by Crippen LogP contribution is -2.39. The van der Waals surface area contributed by atoms with E-state index in [1.165, 1.54) is 18.2 Å². The molecule has 1 aromatic carbocycles. The predicted molar refractivity (Wildman–Crippen MR) is 62.6 cm³/mol. The standard InChI is InChI=1S/C11H10ClNO5/c12-8-3-1-2-7(4-8)11(18)13(5-9(14)15)6-10(16)17/h1-4H,5-6H2,(H,14,15)(H,16,17). The van der Waals surface area contributed by atoms with Crippen LogP contribution in [0.25, 0.3) is 0 Å². The molecule has 0 aromatic heterocycles. The van der Waals surface area contributed by atoms with Gasteiger partial charge in [-0.05, 0) is 18.2 Å². The number of hydrogen-bond donors (Lipinski definition) is 2. The van der Waals surface area contributed by atoms with Gasteiger partial charge in [0.05, 0.1) is 0 Å². The highest BCUT2D eigenvalue weighted by Gasteiger charge is 2.21. The predicted octanol–water partition coefficient (Wildman–Crippen LogP) is 0.951. The number of carboxylic acids is 2. The van der Waals surface area contributed by atoms with Gasteiger partial charge in [-0.15, -0.1) is 0 Å². The monoisotopic (exact) mass is 271 g/mol. The van der Waals surface area contributed by atoms with Crippen LogP contribution in [0.2, 0.25) is 5.02 Å². The van der Waals surface area contributed by atoms with Gasteiger partial charge in [0.2, 0.25) is 0 Å². The molecule has 0 atom stereocenters. The summed E-state index contributed by atoms with van der Waals surface area (Å²) >= 11 is 5.70. The van der Waals surface area contributed by atoms with Crippen molar-refractivity contribution < 1.29 is 24.6 Å². The Morgan fingerprint density at radius 2 is 1.67 bits per heavy atom. The molecule has 0 aliphatic heterocycles. The molecule has 1 amide bonds. The second-order valence-corrected chi connectivity index (χ2v) is 3.90. The van der Waals surface area contributed by atoms with Crippen LogP contribution in [0.15, 0.2) is 24.3 Å². The Morgan fingerprint density at radius 1 is 1.11 bits per heavy atom. The molecule has 0 spiro atoms. The molecule has 18 heavy (non-hydrogen) atoms. The van der Waals surface area contributed by atoms with Crippen LogP contribution in [0, 0.1) is 0 Å². The van der Waals surface area contributed by atoms with Gasteiger partial charge in [-0.25, -0.2) is 0 Å². The van der Waals surface area contributed by atoms with Crippen LogP contribution >= 0.6 is 11.6 Å². The lowest BCUT2D eigenvalue weighted by Gasteiger charge is -2.18. The van der Waals surface area contributed by atoms with Crippen molar-refractivity contribution in [1.29, 1.82) is 0 Å². The molecule has 0 aliphatic rings. The zero-order chi connectivity index (χ0) is 13.7. The molecule has 2 N–H and O–H groups in total. The molecule has 1 aromatic rings. The lowest BCUT2D eigenvalue weighted by molar-refractivity contribution is -0.140. The van der Waals surface area contributed by atoms with E-state index >= 15 is 0 Å². The fourth-order valence-electron chi connectivity index (χ4n) is 1.33. The van der Waals surface area contributed by atoms with Crippen LogP contribution in [-0.2, 0) is 9.59 Å². The number of rotatable bonds is 5. The molecular weight excluding hydrogens is 262 g/mol. The van der Waals surface area contributed by atoms with Gasteiger partial charge >= 0.3 is 11.9 Å². The largest absolute Gasteiger partial charge is 0.480 e. The second-order valence-electron chi connectivity index (χ2n) is 3.46. The number of hydrogen-bond acceptors (Lipinski definition) is 3. The number of amides is 1. The summed E-state index contributed by atoms with van der Waals surface area (Å²) in [5.74, 6) is -3.26. The van der Waals surface area contributed by atoms with E-state index in [9.17, 15) is 14.4 Å². The van der Waals surface area contributed by atoms with Crippen LogP contribution in [0.4, 0.5) is 0 Å². The zero-order valence-electron chi connectivity index (χ0n) is 9.17. The van der Waals surface area contributed by atoms with E-state index < -0.39 is 30.9 Å².